The van der Waals surface area contributed by atoms with Crippen molar-refractivity contribution in [3.8, 4) is 0 Å². The van der Waals surface area contributed by atoms with Crippen LogP contribution in [-0.2, 0) is 6.54 Å². The summed E-state index contributed by atoms with van der Waals surface area (Å²) >= 11 is 0. The van der Waals surface area contributed by atoms with Crippen LogP contribution in [0.4, 0.5) is 5.82 Å². The fourth-order valence-electron chi connectivity index (χ4n) is 2.23. The molecule has 0 atom stereocenters. The summed E-state index contributed by atoms with van der Waals surface area (Å²) in [5, 5.41) is 8.30. The van der Waals surface area contributed by atoms with Gasteiger partial charge in [-0.25, -0.2) is 0 Å². The third-order valence-corrected chi connectivity index (χ3v) is 3.23. The summed E-state index contributed by atoms with van der Waals surface area (Å²) in [6, 6.07) is 17.0. The van der Waals surface area contributed by atoms with Gasteiger partial charge in [0, 0.05) is 17.5 Å². The van der Waals surface area contributed by atoms with Gasteiger partial charge in [0.05, 0.1) is 5.52 Å². The smallest absolute Gasteiger partial charge is 0.256 e. The Hall–Kier alpha value is -2.62. The first-order valence-electron chi connectivity index (χ1n) is 6.61. The molecule has 0 fully saturated rings. The molecule has 0 spiro atoms. The topological polar surface area (TPSA) is 46.9 Å². The van der Waals surface area contributed by atoms with E-state index in [2.05, 4.69) is 10.4 Å². The number of fused-ring (bicyclic) bond motifs is 1. The lowest BCUT2D eigenvalue weighted by Gasteiger charge is -2.02. The SMILES string of the molecule is CCn1nc(NC(=O)c2ccccc2)c2ccccc21. The zero-order valence-corrected chi connectivity index (χ0v) is 11.2. The van der Waals surface area contributed by atoms with Gasteiger partial charge in [-0.05, 0) is 31.2 Å². The average Bonchev–Trinajstić information content (AvgIpc) is 2.86. The van der Waals surface area contributed by atoms with Gasteiger partial charge in [-0.15, -0.1) is 0 Å². The van der Waals surface area contributed by atoms with Crippen LogP contribution in [0.1, 0.15) is 17.3 Å². The first-order chi connectivity index (χ1) is 9.79. The quantitative estimate of drug-likeness (QED) is 0.789. The van der Waals surface area contributed by atoms with Crippen molar-refractivity contribution in [3.05, 3.63) is 60.2 Å². The summed E-state index contributed by atoms with van der Waals surface area (Å²) in [5.41, 5.74) is 1.65. The van der Waals surface area contributed by atoms with Gasteiger partial charge >= 0.3 is 0 Å². The number of amides is 1. The number of para-hydroxylation sites is 1. The average molecular weight is 265 g/mol. The van der Waals surface area contributed by atoms with E-state index >= 15 is 0 Å². The molecule has 0 aliphatic carbocycles. The van der Waals surface area contributed by atoms with Gasteiger partial charge in [0.15, 0.2) is 5.82 Å². The Morgan fingerprint density at radius 2 is 1.80 bits per heavy atom. The van der Waals surface area contributed by atoms with Crippen molar-refractivity contribution in [2.24, 2.45) is 0 Å². The minimum atomic E-state index is -0.142. The summed E-state index contributed by atoms with van der Waals surface area (Å²) in [4.78, 5) is 12.2. The molecule has 1 amide bonds. The number of hydrogen-bond acceptors (Lipinski definition) is 2. The highest BCUT2D eigenvalue weighted by molar-refractivity contribution is 6.07. The van der Waals surface area contributed by atoms with Crippen LogP contribution in [0.15, 0.2) is 54.6 Å². The van der Waals surface area contributed by atoms with Crippen LogP contribution >= 0.6 is 0 Å². The van der Waals surface area contributed by atoms with Gasteiger partial charge in [0.1, 0.15) is 0 Å². The van der Waals surface area contributed by atoms with Crippen molar-refractivity contribution >= 4 is 22.6 Å². The summed E-state index contributed by atoms with van der Waals surface area (Å²) in [7, 11) is 0. The molecule has 2 aromatic carbocycles. The van der Waals surface area contributed by atoms with Crippen molar-refractivity contribution in [3.63, 3.8) is 0 Å². The van der Waals surface area contributed by atoms with Gasteiger partial charge in [-0.2, -0.15) is 5.10 Å². The largest absolute Gasteiger partial charge is 0.305 e. The van der Waals surface area contributed by atoms with E-state index in [9.17, 15) is 4.79 Å². The Labute approximate surface area is 117 Å². The normalized spacial score (nSPS) is 10.7. The minimum Gasteiger partial charge on any atom is -0.305 e. The summed E-state index contributed by atoms with van der Waals surface area (Å²) in [6.45, 7) is 2.80. The maximum atomic E-state index is 12.2. The van der Waals surface area contributed by atoms with E-state index in [1.54, 1.807) is 12.1 Å². The fraction of sp³-hybridized carbons (Fsp3) is 0.125. The van der Waals surface area contributed by atoms with Crippen LogP contribution in [0, 0.1) is 0 Å². The lowest BCUT2D eigenvalue weighted by Crippen LogP contribution is -2.12. The van der Waals surface area contributed by atoms with Crippen LogP contribution < -0.4 is 5.32 Å². The van der Waals surface area contributed by atoms with Crippen molar-refractivity contribution in [1.82, 2.24) is 9.78 Å². The molecule has 100 valence electrons. The fourth-order valence-corrected chi connectivity index (χ4v) is 2.23. The molecule has 0 unspecified atom stereocenters. The highest BCUT2D eigenvalue weighted by Gasteiger charge is 2.12. The zero-order valence-electron chi connectivity index (χ0n) is 11.2. The second-order valence-corrected chi connectivity index (χ2v) is 4.50. The first kappa shape index (κ1) is 12.4. The van der Waals surface area contributed by atoms with E-state index < -0.39 is 0 Å². The maximum absolute atomic E-state index is 12.2. The molecule has 4 nitrogen and oxygen atoms in total. The highest BCUT2D eigenvalue weighted by atomic mass is 16.1. The van der Waals surface area contributed by atoms with Gasteiger partial charge < -0.3 is 5.32 Å². The van der Waals surface area contributed by atoms with Crippen LogP contribution in [-0.4, -0.2) is 15.7 Å². The molecule has 3 aromatic rings. The third-order valence-electron chi connectivity index (χ3n) is 3.23. The minimum absolute atomic E-state index is 0.142. The van der Waals surface area contributed by atoms with Crippen molar-refractivity contribution < 1.29 is 4.79 Å². The van der Waals surface area contributed by atoms with Crippen LogP contribution in [0.5, 0.6) is 0 Å². The Morgan fingerprint density at radius 3 is 2.55 bits per heavy atom. The lowest BCUT2D eigenvalue weighted by molar-refractivity contribution is 0.102. The standard InChI is InChI=1S/C16H15N3O/c1-2-19-14-11-7-6-10-13(14)15(18-19)17-16(20)12-8-4-3-5-9-12/h3-11H,2H2,1H3,(H,17,18,20). The molecule has 20 heavy (non-hydrogen) atoms. The van der Waals surface area contributed by atoms with Gasteiger partial charge in [0.25, 0.3) is 5.91 Å². The monoisotopic (exact) mass is 265 g/mol. The number of aromatic nitrogens is 2. The van der Waals surface area contributed by atoms with Gasteiger partial charge in [0.2, 0.25) is 0 Å². The number of nitrogens with zero attached hydrogens (tertiary/aromatic N) is 2. The van der Waals surface area contributed by atoms with E-state index in [1.165, 1.54) is 0 Å². The van der Waals surface area contributed by atoms with E-state index in [0.29, 0.717) is 11.4 Å². The molecule has 1 heterocycles. The Balaban J connectivity index is 1.97. The molecule has 0 bridgehead atoms. The maximum Gasteiger partial charge on any atom is 0.256 e. The summed E-state index contributed by atoms with van der Waals surface area (Å²) in [5.74, 6) is 0.466. The second-order valence-electron chi connectivity index (χ2n) is 4.50. The third kappa shape index (κ3) is 2.16. The summed E-state index contributed by atoms with van der Waals surface area (Å²) in [6.07, 6.45) is 0. The van der Waals surface area contributed by atoms with Crippen LogP contribution in [0.2, 0.25) is 0 Å². The number of anilines is 1. The number of hydrogen-bond donors (Lipinski definition) is 1. The molecular weight excluding hydrogens is 250 g/mol. The first-order valence-corrected chi connectivity index (χ1v) is 6.61. The number of aryl methyl sites for hydroxylation is 1. The van der Waals surface area contributed by atoms with Crippen LogP contribution in [0.25, 0.3) is 10.9 Å². The molecule has 0 saturated heterocycles. The molecule has 0 aliphatic heterocycles. The Kier molecular flexibility index (Phi) is 3.21. The Morgan fingerprint density at radius 1 is 1.10 bits per heavy atom. The van der Waals surface area contributed by atoms with Gasteiger partial charge in [-0.1, -0.05) is 30.3 Å². The second kappa shape index (κ2) is 5.17. The highest BCUT2D eigenvalue weighted by Crippen LogP contribution is 2.23. The molecule has 1 N–H and O–H groups in total. The molecule has 0 aliphatic rings. The van der Waals surface area contributed by atoms with E-state index in [0.717, 1.165) is 17.4 Å². The Bertz CT molecular complexity index is 747. The number of carbonyl (C=O) groups excluding carboxylic acids is 1. The predicted molar refractivity (Wildman–Crippen MR) is 79.8 cm³/mol. The van der Waals surface area contributed by atoms with E-state index in [4.69, 9.17) is 0 Å². The van der Waals surface area contributed by atoms with Crippen LogP contribution in [0.3, 0.4) is 0 Å². The van der Waals surface area contributed by atoms with Crippen molar-refractivity contribution in [2.45, 2.75) is 13.5 Å². The summed E-state index contributed by atoms with van der Waals surface area (Å²) < 4.78 is 1.88. The van der Waals surface area contributed by atoms with Crippen molar-refractivity contribution in [1.29, 1.82) is 0 Å². The molecule has 0 radical (unpaired) electrons. The molecule has 0 saturated carbocycles. The molecule has 1 aromatic heterocycles. The van der Waals surface area contributed by atoms with E-state index in [-0.39, 0.29) is 5.91 Å². The predicted octanol–water partition coefficient (Wildman–Crippen LogP) is 3.31. The number of nitrogens with one attached hydrogen (secondary N) is 1. The molecule has 4 heteroatoms. The zero-order chi connectivity index (χ0) is 13.9. The van der Waals surface area contributed by atoms with E-state index in [1.807, 2.05) is 54.1 Å². The number of rotatable bonds is 3. The lowest BCUT2D eigenvalue weighted by atomic mass is 10.2. The molecule has 3 rings (SSSR count). The van der Waals surface area contributed by atoms with Crippen molar-refractivity contribution in [2.75, 3.05) is 5.32 Å². The van der Waals surface area contributed by atoms with Gasteiger partial charge in [-0.3, -0.25) is 9.48 Å². The molecular formula is C16H15N3O. The number of carbonyl (C=O) groups is 1. The number of benzene rings is 2.